The van der Waals surface area contributed by atoms with E-state index >= 15 is 0 Å². The van der Waals surface area contributed by atoms with Gasteiger partial charge in [-0.2, -0.15) is 0 Å². The number of ketones is 1. The number of benzene rings is 1. The lowest BCUT2D eigenvalue weighted by atomic mass is 9.80. The van der Waals surface area contributed by atoms with Crippen molar-refractivity contribution in [3.8, 4) is 0 Å². The van der Waals surface area contributed by atoms with Gasteiger partial charge < -0.3 is 10.6 Å². The standard InChI is InChI=1S/C21H28ClFN2O2/c22-19-13-17(23)5-6-18(19)20(26)15-8-11-25(12-9-15)10-7-14-1-3-16(4-2-14)21(24)27/h5-6,13-16H,1-4,7-12H2,(H2,24,27). The summed E-state index contributed by atoms with van der Waals surface area (Å²) in [6, 6.07) is 3.99. The number of Topliss-reactive ketones (excluding diaryl/α,β-unsaturated/α-hetero) is 1. The molecule has 148 valence electrons. The molecule has 1 aromatic rings. The van der Waals surface area contributed by atoms with Gasteiger partial charge in [0.25, 0.3) is 0 Å². The number of amides is 1. The third-order valence-corrected chi connectivity index (χ3v) is 6.57. The van der Waals surface area contributed by atoms with Crippen molar-refractivity contribution in [1.29, 1.82) is 0 Å². The maximum Gasteiger partial charge on any atom is 0.220 e. The van der Waals surface area contributed by atoms with Crippen LogP contribution in [0.4, 0.5) is 4.39 Å². The van der Waals surface area contributed by atoms with Crippen LogP contribution in [-0.4, -0.2) is 36.2 Å². The number of nitrogens with two attached hydrogens (primary N) is 1. The molecule has 0 radical (unpaired) electrons. The lowest BCUT2D eigenvalue weighted by Gasteiger charge is -2.33. The molecule has 4 nitrogen and oxygen atoms in total. The maximum atomic E-state index is 13.2. The van der Waals surface area contributed by atoms with Gasteiger partial charge in [0.2, 0.25) is 5.91 Å². The molecule has 6 heteroatoms. The van der Waals surface area contributed by atoms with E-state index in [9.17, 15) is 14.0 Å². The van der Waals surface area contributed by atoms with E-state index in [-0.39, 0.29) is 28.5 Å². The summed E-state index contributed by atoms with van der Waals surface area (Å²) in [6.07, 6.45) is 6.82. The van der Waals surface area contributed by atoms with Crippen LogP contribution in [0, 0.1) is 23.6 Å². The number of carbonyl (C=O) groups is 2. The van der Waals surface area contributed by atoms with Crippen molar-refractivity contribution < 1.29 is 14.0 Å². The molecule has 2 aliphatic rings. The van der Waals surface area contributed by atoms with E-state index in [0.717, 1.165) is 64.6 Å². The zero-order valence-corrected chi connectivity index (χ0v) is 16.4. The van der Waals surface area contributed by atoms with Crippen LogP contribution in [0.25, 0.3) is 0 Å². The van der Waals surface area contributed by atoms with Crippen LogP contribution in [0.1, 0.15) is 55.3 Å². The Morgan fingerprint density at radius 1 is 1.07 bits per heavy atom. The van der Waals surface area contributed by atoms with Crippen LogP contribution in [0.15, 0.2) is 18.2 Å². The fourth-order valence-electron chi connectivity index (χ4n) is 4.43. The van der Waals surface area contributed by atoms with E-state index in [0.29, 0.717) is 11.5 Å². The zero-order valence-electron chi connectivity index (χ0n) is 15.6. The molecular formula is C21H28ClFN2O2. The predicted octanol–water partition coefficient (Wildman–Crippen LogP) is 4.06. The summed E-state index contributed by atoms with van der Waals surface area (Å²) in [5.41, 5.74) is 5.83. The van der Waals surface area contributed by atoms with E-state index in [4.69, 9.17) is 17.3 Å². The quantitative estimate of drug-likeness (QED) is 0.740. The largest absolute Gasteiger partial charge is 0.369 e. The van der Waals surface area contributed by atoms with Crippen LogP contribution in [0.3, 0.4) is 0 Å². The number of carbonyl (C=O) groups excluding carboxylic acids is 2. The second-order valence-corrected chi connectivity index (χ2v) is 8.42. The molecule has 1 amide bonds. The van der Waals surface area contributed by atoms with Crippen molar-refractivity contribution in [1.82, 2.24) is 4.90 Å². The molecule has 0 aromatic heterocycles. The van der Waals surface area contributed by atoms with Crippen LogP contribution in [0.5, 0.6) is 0 Å². The highest BCUT2D eigenvalue weighted by Gasteiger charge is 2.28. The van der Waals surface area contributed by atoms with Crippen molar-refractivity contribution in [2.24, 2.45) is 23.5 Å². The van der Waals surface area contributed by atoms with E-state index in [1.807, 2.05) is 0 Å². The van der Waals surface area contributed by atoms with Gasteiger partial charge in [-0.1, -0.05) is 11.6 Å². The summed E-state index contributed by atoms with van der Waals surface area (Å²) in [5, 5.41) is 0.203. The molecule has 1 heterocycles. The fraction of sp³-hybridized carbons (Fsp3) is 0.619. The molecule has 0 bridgehead atoms. The van der Waals surface area contributed by atoms with Crippen molar-refractivity contribution in [3.63, 3.8) is 0 Å². The maximum absolute atomic E-state index is 13.2. The van der Waals surface area contributed by atoms with Crippen LogP contribution < -0.4 is 5.73 Å². The molecular weight excluding hydrogens is 367 g/mol. The van der Waals surface area contributed by atoms with E-state index in [1.54, 1.807) is 0 Å². The van der Waals surface area contributed by atoms with Crippen molar-refractivity contribution >= 4 is 23.3 Å². The van der Waals surface area contributed by atoms with E-state index in [2.05, 4.69) is 4.90 Å². The minimum Gasteiger partial charge on any atom is -0.369 e. The third-order valence-electron chi connectivity index (χ3n) is 6.26. The van der Waals surface area contributed by atoms with Crippen molar-refractivity contribution in [2.45, 2.75) is 44.9 Å². The summed E-state index contributed by atoms with van der Waals surface area (Å²) >= 11 is 6.04. The first-order chi connectivity index (χ1) is 12.9. The highest BCUT2D eigenvalue weighted by atomic mass is 35.5. The first kappa shape index (κ1) is 20.3. The van der Waals surface area contributed by atoms with Gasteiger partial charge in [-0.05, 0) is 88.7 Å². The predicted molar refractivity (Wildman–Crippen MR) is 104 cm³/mol. The average molecular weight is 395 g/mol. The van der Waals surface area contributed by atoms with Crippen LogP contribution >= 0.6 is 11.6 Å². The number of nitrogens with zero attached hydrogens (tertiary/aromatic N) is 1. The second kappa shape index (κ2) is 9.16. The second-order valence-electron chi connectivity index (χ2n) is 8.01. The Bertz CT molecular complexity index is 681. The molecule has 1 aliphatic carbocycles. The molecule has 1 aromatic carbocycles. The Kier molecular flexibility index (Phi) is 6.88. The minimum atomic E-state index is -0.420. The molecule has 1 saturated carbocycles. The van der Waals surface area contributed by atoms with Crippen LogP contribution in [0.2, 0.25) is 5.02 Å². The fourth-order valence-corrected chi connectivity index (χ4v) is 4.69. The number of primary amides is 1. The van der Waals surface area contributed by atoms with Crippen molar-refractivity contribution in [2.75, 3.05) is 19.6 Å². The molecule has 0 unspecified atom stereocenters. The van der Waals surface area contributed by atoms with Gasteiger partial charge in [-0.25, -0.2) is 4.39 Å². The number of halogens is 2. The summed E-state index contributed by atoms with van der Waals surface area (Å²) in [7, 11) is 0. The number of likely N-dealkylation sites (tertiary alicyclic amines) is 1. The number of rotatable bonds is 6. The number of hydrogen-bond acceptors (Lipinski definition) is 3. The third kappa shape index (κ3) is 5.29. The molecule has 1 saturated heterocycles. The van der Waals surface area contributed by atoms with Gasteiger partial charge in [0.1, 0.15) is 5.82 Å². The molecule has 2 fully saturated rings. The molecule has 1 aliphatic heterocycles. The SMILES string of the molecule is NC(=O)C1CCC(CCN2CCC(C(=O)c3ccc(F)cc3Cl)CC2)CC1. The first-order valence-electron chi connectivity index (χ1n) is 9.95. The molecule has 27 heavy (non-hydrogen) atoms. The smallest absolute Gasteiger partial charge is 0.220 e. The zero-order chi connectivity index (χ0) is 19.4. The highest BCUT2D eigenvalue weighted by molar-refractivity contribution is 6.34. The summed E-state index contributed by atoms with van der Waals surface area (Å²) < 4.78 is 13.2. The molecule has 2 N–H and O–H groups in total. The van der Waals surface area contributed by atoms with Gasteiger partial charge in [0.15, 0.2) is 5.78 Å². The van der Waals surface area contributed by atoms with Gasteiger partial charge in [0, 0.05) is 17.4 Å². The lowest BCUT2D eigenvalue weighted by molar-refractivity contribution is -0.123. The highest BCUT2D eigenvalue weighted by Crippen LogP contribution is 2.31. The normalized spacial score (nSPS) is 24.7. The number of piperidine rings is 1. The van der Waals surface area contributed by atoms with Crippen molar-refractivity contribution in [3.05, 3.63) is 34.6 Å². The van der Waals surface area contributed by atoms with E-state index < -0.39 is 5.82 Å². The monoisotopic (exact) mass is 394 g/mol. The van der Waals surface area contributed by atoms with E-state index in [1.165, 1.54) is 18.2 Å². The Balaban J connectivity index is 1.41. The van der Waals surface area contributed by atoms with Gasteiger partial charge >= 0.3 is 0 Å². The molecule has 0 spiro atoms. The van der Waals surface area contributed by atoms with Gasteiger partial charge in [-0.3, -0.25) is 9.59 Å². The Labute approximate surface area is 165 Å². The summed E-state index contributed by atoms with van der Waals surface area (Å²) in [4.78, 5) is 26.3. The lowest BCUT2D eigenvalue weighted by Crippen LogP contribution is -2.38. The van der Waals surface area contributed by atoms with Gasteiger partial charge in [0.05, 0.1) is 5.02 Å². The first-order valence-corrected chi connectivity index (χ1v) is 10.3. The van der Waals surface area contributed by atoms with Gasteiger partial charge in [-0.15, -0.1) is 0 Å². The molecule has 3 rings (SSSR count). The van der Waals surface area contributed by atoms with Crippen LogP contribution in [-0.2, 0) is 4.79 Å². The Morgan fingerprint density at radius 2 is 1.74 bits per heavy atom. The topological polar surface area (TPSA) is 63.4 Å². The Hall–Kier alpha value is -1.46. The molecule has 0 atom stereocenters. The average Bonchev–Trinajstić information content (AvgIpc) is 2.66. The number of hydrogen-bond donors (Lipinski definition) is 1. The Morgan fingerprint density at radius 3 is 2.33 bits per heavy atom. The minimum absolute atomic E-state index is 0.0319. The summed E-state index contributed by atoms with van der Waals surface area (Å²) in [6.45, 7) is 2.86. The summed E-state index contributed by atoms with van der Waals surface area (Å²) in [5.74, 6) is 0.177.